The van der Waals surface area contributed by atoms with Crippen molar-refractivity contribution < 1.29 is 19.1 Å². The van der Waals surface area contributed by atoms with E-state index in [2.05, 4.69) is 9.72 Å². The number of hydrogen-bond donors (Lipinski definition) is 0. The molecule has 0 aliphatic rings. The van der Waals surface area contributed by atoms with Crippen molar-refractivity contribution in [2.75, 3.05) is 7.11 Å². The van der Waals surface area contributed by atoms with Gasteiger partial charge in [0.05, 0.1) is 7.11 Å². The number of hydrogen-bond acceptors (Lipinski definition) is 7. The highest BCUT2D eigenvalue weighted by atomic mass is 32.1. The maximum absolute atomic E-state index is 12.3. The molecule has 0 fully saturated rings. The number of esters is 2. The van der Waals surface area contributed by atoms with Gasteiger partial charge >= 0.3 is 17.5 Å². The van der Waals surface area contributed by atoms with Crippen LogP contribution in [0, 0.1) is 0 Å². The summed E-state index contributed by atoms with van der Waals surface area (Å²) in [5, 5.41) is 0. The quantitative estimate of drug-likeness (QED) is 0.786. The fraction of sp³-hybridized carbons (Fsp3) is 0.333. The van der Waals surface area contributed by atoms with E-state index >= 15 is 0 Å². The van der Waals surface area contributed by atoms with Gasteiger partial charge in [-0.05, 0) is 6.42 Å². The predicted molar refractivity (Wildman–Crippen MR) is 71.4 cm³/mol. The second-order valence-electron chi connectivity index (χ2n) is 3.88. The number of aryl methyl sites for hydroxylation is 1. The Morgan fingerprint density at radius 1 is 1.45 bits per heavy atom. The van der Waals surface area contributed by atoms with E-state index in [1.165, 1.54) is 15.7 Å². The van der Waals surface area contributed by atoms with Gasteiger partial charge in [0.15, 0.2) is 10.7 Å². The Morgan fingerprint density at radius 2 is 2.15 bits per heavy atom. The molecular weight excluding hydrogens is 284 g/mol. The van der Waals surface area contributed by atoms with Crippen molar-refractivity contribution in [3.63, 3.8) is 0 Å². The lowest BCUT2D eigenvalue weighted by molar-refractivity contribution is -0.132. The van der Waals surface area contributed by atoms with E-state index in [1.54, 1.807) is 6.20 Å². The second-order valence-corrected chi connectivity index (χ2v) is 4.98. The fourth-order valence-corrected chi connectivity index (χ4v) is 2.51. The van der Waals surface area contributed by atoms with E-state index in [-0.39, 0.29) is 5.69 Å². The molecule has 20 heavy (non-hydrogen) atoms. The van der Waals surface area contributed by atoms with Gasteiger partial charge in [-0.1, -0.05) is 6.92 Å². The number of carbonyl (C=O) groups excluding carboxylic acids is 2. The number of carbonyl (C=O) groups is 2. The maximum atomic E-state index is 12.3. The molecule has 0 saturated carbocycles. The van der Waals surface area contributed by atoms with Crippen LogP contribution in [-0.4, -0.2) is 28.4 Å². The Labute approximate surface area is 117 Å². The number of methoxy groups -OCH3 is 1. The highest BCUT2D eigenvalue weighted by Gasteiger charge is 2.23. The monoisotopic (exact) mass is 296 g/mol. The molecule has 8 heteroatoms. The normalized spacial score (nSPS) is 10.6. The third-order valence-corrected chi connectivity index (χ3v) is 3.64. The van der Waals surface area contributed by atoms with Crippen molar-refractivity contribution in [3.8, 4) is 5.75 Å². The molecule has 2 aromatic rings. The molecule has 2 rings (SSSR count). The summed E-state index contributed by atoms with van der Waals surface area (Å²) in [4.78, 5) is 40.4. The molecule has 0 spiro atoms. The lowest BCUT2D eigenvalue weighted by Crippen LogP contribution is -2.23. The minimum Gasteiger partial charge on any atom is -0.464 e. The molecule has 0 aromatic carbocycles. The SMILES string of the molecule is CCc1cn2c(=O)c(OC(C)=O)c(C(=O)OC)nc2s1. The van der Waals surface area contributed by atoms with Crippen molar-refractivity contribution in [2.24, 2.45) is 0 Å². The summed E-state index contributed by atoms with van der Waals surface area (Å²) in [7, 11) is 1.16. The molecule has 0 amide bonds. The number of ether oxygens (including phenoxy) is 2. The molecule has 0 radical (unpaired) electrons. The molecule has 106 valence electrons. The van der Waals surface area contributed by atoms with Gasteiger partial charge in [-0.3, -0.25) is 14.0 Å². The van der Waals surface area contributed by atoms with Crippen LogP contribution in [0.25, 0.3) is 4.96 Å². The number of rotatable bonds is 3. The molecule has 0 N–H and O–H groups in total. The van der Waals surface area contributed by atoms with Gasteiger partial charge in [-0.15, -0.1) is 11.3 Å². The third kappa shape index (κ3) is 2.42. The van der Waals surface area contributed by atoms with E-state index in [4.69, 9.17) is 4.74 Å². The average molecular weight is 296 g/mol. The first-order chi connectivity index (χ1) is 9.47. The van der Waals surface area contributed by atoms with Crippen LogP contribution in [0.4, 0.5) is 0 Å². The van der Waals surface area contributed by atoms with Gasteiger partial charge in [0.2, 0.25) is 5.75 Å². The van der Waals surface area contributed by atoms with Gasteiger partial charge in [0.25, 0.3) is 0 Å². The van der Waals surface area contributed by atoms with Crippen molar-refractivity contribution in [2.45, 2.75) is 20.3 Å². The van der Waals surface area contributed by atoms with Crippen LogP contribution in [0.15, 0.2) is 11.0 Å². The fourth-order valence-electron chi connectivity index (χ4n) is 1.61. The van der Waals surface area contributed by atoms with Crippen LogP contribution in [-0.2, 0) is 16.0 Å². The van der Waals surface area contributed by atoms with Crippen molar-refractivity contribution in [1.82, 2.24) is 9.38 Å². The summed E-state index contributed by atoms with van der Waals surface area (Å²) in [6.07, 6.45) is 2.34. The van der Waals surface area contributed by atoms with E-state index < -0.39 is 23.2 Å². The Balaban J connectivity index is 2.77. The summed E-state index contributed by atoms with van der Waals surface area (Å²) in [6.45, 7) is 3.07. The largest absolute Gasteiger partial charge is 0.464 e. The van der Waals surface area contributed by atoms with Gasteiger partial charge in [-0.2, -0.15) is 0 Å². The highest BCUT2D eigenvalue weighted by Crippen LogP contribution is 2.20. The predicted octanol–water partition coefficient (Wildman–Crippen LogP) is 1.03. The standard InChI is InChI=1S/C12H12N2O5S/c1-4-7-5-14-10(16)9(19-6(2)15)8(11(17)18-3)13-12(14)20-7/h5H,4H2,1-3H3. The van der Waals surface area contributed by atoms with Gasteiger partial charge < -0.3 is 9.47 Å². The maximum Gasteiger partial charge on any atom is 0.360 e. The van der Waals surface area contributed by atoms with E-state index in [9.17, 15) is 14.4 Å². The molecule has 0 aliphatic carbocycles. The Kier molecular flexibility index (Phi) is 3.84. The molecule has 0 unspecified atom stereocenters. The number of fused-ring (bicyclic) bond motifs is 1. The first-order valence-corrected chi connectivity index (χ1v) is 6.61. The van der Waals surface area contributed by atoms with Crippen LogP contribution in [0.5, 0.6) is 5.75 Å². The molecule has 2 heterocycles. The minimum atomic E-state index is -0.827. The minimum absolute atomic E-state index is 0.294. The van der Waals surface area contributed by atoms with E-state index in [1.807, 2.05) is 6.92 Å². The molecular formula is C12H12N2O5S. The zero-order valence-electron chi connectivity index (χ0n) is 11.1. The van der Waals surface area contributed by atoms with Gasteiger partial charge in [-0.25, -0.2) is 9.78 Å². The molecule has 7 nitrogen and oxygen atoms in total. The smallest absolute Gasteiger partial charge is 0.360 e. The van der Waals surface area contributed by atoms with Crippen LogP contribution in [0.3, 0.4) is 0 Å². The topological polar surface area (TPSA) is 87.0 Å². The summed E-state index contributed by atoms with van der Waals surface area (Å²) in [5.74, 6) is -1.95. The van der Waals surface area contributed by atoms with Crippen LogP contribution in [0.1, 0.15) is 29.2 Å². The molecule has 2 aromatic heterocycles. The molecule has 0 bridgehead atoms. The zero-order valence-corrected chi connectivity index (χ0v) is 11.9. The third-order valence-electron chi connectivity index (χ3n) is 2.51. The molecule has 0 aliphatic heterocycles. The van der Waals surface area contributed by atoms with Crippen molar-refractivity contribution >= 4 is 28.2 Å². The number of thiazole rings is 1. The van der Waals surface area contributed by atoms with Crippen LogP contribution in [0.2, 0.25) is 0 Å². The van der Waals surface area contributed by atoms with E-state index in [0.29, 0.717) is 4.96 Å². The van der Waals surface area contributed by atoms with Gasteiger partial charge in [0.1, 0.15) is 0 Å². The molecule has 0 atom stereocenters. The highest BCUT2D eigenvalue weighted by molar-refractivity contribution is 7.17. The Bertz CT molecular complexity index is 746. The molecule has 0 saturated heterocycles. The van der Waals surface area contributed by atoms with Crippen molar-refractivity contribution in [1.29, 1.82) is 0 Å². The number of nitrogens with zero attached hydrogens (tertiary/aromatic N) is 2. The van der Waals surface area contributed by atoms with Gasteiger partial charge in [0, 0.05) is 18.0 Å². The lowest BCUT2D eigenvalue weighted by atomic mass is 10.3. The average Bonchev–Trinajstić information content (AvgIpc) is 2.84. The first kappa shape index (κ1) is 14.2. The zero-order chi connectivity index (χ0) is 14.9. The summed E-state index contributed by atoms with van der Waals surface area (Å²) >= 11 is 1.28. The lowest BCUT2D eigenvalue weighted by Gasteiger charge is -2.06. The van der Waals surface area contributed by atoms with Crippen molar-refractivity contribution in [3.05, 3.63) is 27.1 Å². The summed E-state index contributed by atoms with van der Waals surface area (Å²) in [5.41, 5.74) is -0.904. The van der Waals surface area contributed by atoms with E-state index in [0.717, 1.165) is 25.3 Å². The second kappa shape index (κ2) is 5.41. The number of aromatic nitrogens is 2. The van der Waals surface area contributed by atoms with Crippen LogP contribution < -0.4 is 10.3 Å². The Hall–Kier alpha value is -2.22. The Morgan fingerprint density at radius 3 is 2.70 bits per heavy atom. The van der Waals surface area contributed by atoms with Crippen LogP contribution >= 0.6 is 11.3 Å². The summed E-state index contributed by atoms with van der Waals surface area (Å²) < 4.78 is 10.6. The first-order valence-electron chi connectivity index (χ1n) is 5.79. The summed E-state index contributed by atoms with van der Waals surface area (Å²) in [6, 6.07) is 0.